The van der Waals surface area contributed by atoms with Gasteiger partial charge in [0.2, 0.25) is 5.88 Å². The third-order valence-corrected chi connectivity index (χ3v) is 2.99. The average molecular weight is 260 g/mol. The molecule has 1 fully saturated rings. The van der Waals surface area contributed by atoms with E-state index in [4.69, 9.17) is 4.74 Å². The van der Waals surface area contributed by atoms with Gasteiger partial charge in [0, 0.05) is 6.07 Å². The van der Waals surface area contributed by atoms with Crippen molar-refractivity contribution in [1.29, 1.82) is 0 Å². The molecule has 0 atom stereocenters. The number of nitrogens with zero attached hydrogens (tertiary/aromatic N) is 1. The number of hydrogen-bond donors (Lipinski definition) is 1. The quantitative estimate of drug-likeness (QED) is 0.903. The first-order valence-electron chi connectivity index (χ1n) is 5.84. The van der Waals surface area contributed by atoms with Crippen molar-refractivity contribution in [1.82, 2.24) is 10.3 Å². The molecule has 6 heteroatoms. The normalized spacial score (nSPS) is 23.6. The fourth-order valence-electron chi connectivity index (χ4n) is 2.04. The van der Waals surface area contributed by atoms with Crippen LogP contribution in [0.4, 0.5) is 13.2 Å². The van der Waals surface area contributed by atoms with Crippen LogP contribution < -0.4 is 10.1 Å². The van der Waals surface area contributed by atoms with Gasteiger partial charge in [-0.2, -0.15) is 13.2 Å². The minimum Gasteiger partial charge on any atom is -0.474 e. The zero-order valence-corrected chi connectivity index (χ0v) is 10.00. The van der Waals surface area contributed by atoms with E-state index in [9.17, 15) is 13.2 Å². The van der Waals surface area contributed by atoms with E-state index in [0.29, 0.717) is 5.92 Å². The van der Waals surface area contributed by atoms with Crippen LogP contribution in [0.1, 0.15) is 18.5 Å². The molecule has 1 saturated carbocycles. The lowest BCUT2D eigenvalue weighted by molar-refractivity contribution is -0.141. The fraction of sp³-hybridized carbons (Fsp3) is 0.583. The van der Waals surface area contributed by atoms with Crippen LogP contribution >= 0.6 is 0 Å². The second-order valence-corrected chi connectivity index (χ2v) is 4.49. The lowest BCUT2D eigenvalue weighted by Gasteiger charge is -2.34. The van der Waals surface area contributed by atoms with Crippen molar-refractivity contribution in [2.75, 3.05) is 13.6 Å². The highest BCUT2D eigenvalue weighted by Crippen LogP contribution is 2.32. The van der Waals surface area contributed by atoms with E-state index in [1.165, 1.54) is 12.1 Å². The van der Waals surface area contributed by atoms with Crippen LogP contribution in [0.15, 0.2) is 18.2 Å². The van der Waals surface area contributed by atoms with Gasteiger partial charge in [-0.3, -0.25) is 0 Å². The maximum absolute atomic E-state index is 12.4. The number of alkyl halides is 3. The molecule has 1 aromatic heterocycles. The molecule has 1 N–H and O–H groups in total. The molecule has 1 aliphatic carbocycles. The first-order valence-corrected chi connectivity index (χ1v) is 5.84. The molecule has 1 aliphatic rings. The van der Waals surface area contributed by atoms with Gasteiger partial charge in [-0.1, -0.05) is 6.07 Å². The molecule has 3 nitrogen and oxygen atoms in total. The number of pyridine rings is 1. The third kappa shape index (κ3) is 3.13. The Morgan fingerprint density at radius 3 is 2.72 bits per heavy atom. The van der Waals surface area contributed by atoms with E-state index in [1.54, 1.807) is 0 Å². The van der Waals surface area contributed by atoms with Crippen molar-refractivity contribution in [2.24, 2.45) is 5.92 Å². The summed E-state index contributed by atoms with van der Waals surface area (Å²) in [5.41, 5.74) is -0.911. The summed E-state index contributed by atoms with van der Waals surface area (Å²) >= 11 is 0. The van der Waals surface area contributed by atoms with Crippen LogP contribution in [0.25, 0.3) is 0 Å². The van der Waals surface area contributed by atoms with Crippen LogP contribution in [-0.2, 0) is 6.18 Å². The standard InChI is InChI=1S/C12H15F3N2O/c1-16-7-8-5-9(6-8)18-11-4-2-3-10(17-11)12(13,14)15/h2-4,8-9,16H,5-7H2,1H3. The molecule has 0 aliphatic heterocycles. The SMILES string of the molecule is CNCC1CC(Oc2cccc(C(F)(F)F)n2)C1. The first-order chi connectivity index (χ1) is 8.49. The molecule has 2 rings (SSSR count). The summed E-state index contributed by atoms with van der Waals surface area (Å²) in [4.78, 5) is 3.47. The van der Waals surface area contributed by atoms with E-state index in [0.717, 1.165) is 25.5 Å². The monoisotopic (exact) mass is 260 g/mol. The number of rotatable bonds is 4. The Hall–Kier alpha value is -1.30. The molecule has 0 bridgehead atoms. The molecule has 1 heterocycles. The fourth-order valence-corrected chi connectivity index (χ4v) is 2.04. The van der Waals surface area contributed by atoms with E-state index in [1.807, 2.05) is 7.05 Å². The second-order valence-electron chi connectivity index (χ2n) is 4.49. The van der Waals surface area contributed by atoms with Gasteiger partial charge in [0.25, 0.3) is 0 Å². The lowest BCUT2D eigenvalue weighted by atomic mass is 9.82. The van der Waals surface area contributed by atoms with Crippen LogP contribution in [0.3, 0.4) is 0 Å². The molecule has 1 aromatic rings. The second kappa shape index (κ2) is 5.14. The largest absolute Gasteiger partial charge is 0.474 e. The van der Waals surface area contributed by atoms with Crippen LogP contribution in [-0.4, -0.2) is 24.7 Å². The number of nitrogens with one attached hydrogen (secondary N) is 1. The van der Waals surface area contributed by atoms with Crippen molar-refractivity contribution in [3.8, 4) is 5.88 Å². The highest BCUT2D eigenvalue weighted by atomic mass is 19.4. The summed E-state index contributed by atoms with van der Waals surface area (Å²) in [6, 6.07) is 3.72. The molecule has 0 spiro atoms. The van der Waals surface area contributed by atoms with Crippen molar-refractivity contribution in [3.63, 3.8) is 0 Å². The van der Waals surface area contributed by atoms with Gasteiger partial charge in [0.1, 0.15) is 11.8 Å². The van der Waals surface area contributed by atoms with Crippen LogP contribution in [0, 0.1) is 5.92 Å². The number of ether oxygens (including phenoxy) is 1. The van der Waals surface area contributed by atoms with Gasteiger partial charge in [0.15, 0.2) is 0 Å². The predicted octanol–water partition coefficient (Wildman–Crippen LogP) is 2.48. The Labute approximate surface area is 103 Å². The van der Waals surface area contributed by atoms with E-state index < -0.39 is 11.9 Å². The van der Waals surface area contributed by atoms with E-state index in [-0.39, 0.29) is 12.0 Å². The van der Waals surface area contributed by atoms with Gasteiger partial charge in [-0.25, -0.2) is 4.98 Å². The smallest absolute Gasteiger partial charge is 0.433 e. The van der Waals surface area contributed by atoms with Crippen molar-refractivity contribution < 1.29 is 17.9 Å². The minimum atomic E-state index is -4.42. The first kappa shape index (κ1) is 13.1. The van der Waals surface area contributed by atoms with Crippen molar-refractivity contribution in [3.05, 3.63) is 23.9 Å². The molecule has 18 heavy (non-hydrogen) atoms. The molecule has 100 valence electrons. The maximum Gasteiger partial charge on any atom is 0.433 e. The summed E-state index contributed by atoms with van der Waals surface area (Å²) in [6.07, 6.45) is -2.72. The zero-order chi connectivity index (χ0) is 13.2. The van der Waals surface area contributed by atoms with Gasteiger partial charge < -0.3 is 10.1 Å². The Bertz CT molecular complexity index is 403. The summed E-state index contributed by atoms with van der Waals surface area (Å²) < 4.78 is 42.7. The topological polar surface area (TPSA) is 34.1 Å². The van der Waals surface area contributed by atoms with Crippen molar-refractivity contribution in [2.45, 2.75) is 25.1 Å². The summed E-state index contributed by atoms with van der Waals surface area (Å²) in [5.74, 6) is 0.600. The Balaban J connectivity index is 1.91. The summed E-state index contributed by atoms with van der Waals surface area (Å²) in [5, 5.41) is 3.06. The average Bonchev–Trinajstić information content (AvgIpc) is 2.26. The lowest BCUT2D eigenvalue weighted by Crippen LogP contribution is -2.38. The predicted molar refractivity (Wildman–Crippen MR) is 60.3 cm³/mol. The van der Waals surface area contributed by atoms with Gasteiger partial charge in [-0.05, 0) is 38.4 Å². The molecule has 0 saturated heterocycles. The third-order valence-electron chi connectivity index (χ3n) is 2.99. The highest BCUT2D eigenvalue weighted by molar-refractivity contribution is 5.18. The molecule has 0 aromatic carbocycles. The zero-order valence-electron chi connectivity index (χ0n) is 10.00. The summed E-state index contributed by atoms with van der Waals surface area (Å²) in [7, 11) is 1.88. The molecule has 0 amide bonds. The van der Waals surface area contributed by atoms with E-state index in [2.05, 4.69) is 10.3 Å². The van der Waals surface area contributed by atoms with Crippen LogP contribution in [0.5, 0.6) is 5.88 Å². The minimum absolute atomic E-state index is 0.0145. The van der Waals surface area contributed by atoms with Gasteiger partial charge in [0.05, 0.1) is 0 Å². The molecular formula is C12H15F3N2O. The van der Waals surface area contributed by atoms with Crippen molar-refractivity contribution >= 4 is 0 Å². The van der Waals surface area contributed by atoms with E-state index >= 15 is 0 Å². The molecule has 0 unspecified atom stereocenters. The van der Waals surface area contributed by atoms with Gasteiger partial charge >= 0.3 is 6.18 Å². The number of aromatic nitrogens is 1. The number of halogens is 3. The molecular weight excluding hydrogens is 245 g/mol. The molecule has 0 radical (unpaired) electrons. The van der Waals surface area contributed by atoms with Gasteiger partial charge in [-0.15, -0.1) is 0 Å². The van der Waals surface area contributed by atoms with Crippen LogP contribution in [0.2, 0.25) is 0 Å². The Kier molecular flexibility index (Phi) is 3.75. The number of hydrogen-bond acceptors (Lipinski definition) is 3. The Morgan fingerprint density at radius 1 is 1.39 bits per heavy atom. The Morgan fingerprint density at radius 2 is 2.11 bits per heavy atom. The maximum atomic E-state index is 12.4. The summed E-state index contributed by atoms with van der Waals surface area (Å²) in [6.45, 7) is 0.913. The highest BCUT2D eigenvalue weighted by Gasteiger charge is 2.34.